The lowest BCUT2D eigenvalue weighted by Gasteiger charge is -2.11. The predicted octanol–water partition coefficient (Wildman–Crippen LogP) is 4.74. The summed E-state index contributed by atoms with van der Waals surface area (Å²) >= 11 is 0. The SMILES string of the molecule is Cc1cccc(NCCCCc2ccccc2)c1C. The molecule has 0 aliphatic rings. The van der Waals surface area contributed by atoms with E-state index in [0.29, 0.717) is 0 Å². The molecule has 0 amide bonds. The number of unbranched alkanes of at least 4 members (excludes halogenated alkanes) is 1. The lowest BCUT2D eigenvalue weighted by Crippen LogP contribution is -2.04. The van der Waals surface area contributed by atoms with E-state index >= 15 is 0 Å². The summed E-state index contributed by atoms with van der Waals surface area (Å²) in [6.07, 6.45) is 3.62. The zero-order chi connectivity index (χ0) is 13.5. The maximum Gasteiger partial charge on any atom is 0.0372 e. The Labute approximate surface area is 116 Å². The molecule has 0 saturated carbocycles. The Hall–Kier alpha value is -1.76. The molecule has 2 aromatic carbocycles. The maximum atomic E-state index is 3.54. The van der Waals surface area contributed by atoms with Crippen molar-refractivity contribution in [2.45, 2.75) is 33.1 Å². The first-order valence-electron chi connectivity index (χ1n) is 7.11. The highest BCUT2D eigenvalue weighted by atomic mass is 14.9. The van der Waals surface area contributed by atoms with Crippen LogP contribution in [0.25, 0.3) is 0 Å². The quantitative estimate of drug-likeness (QED) is 0.733. The summed E-state index contributed by atoms with van der Waals surface area (Å²) in [5.41, 5.74) is 5.44. The van der Waals surface area contributed by atoms with Crippen LogP contribution in [-0.2, 0) is 6.42 Å². The summed E-state index contributed by atoms with van der Waals surface area (Å²) < 4.78 is 0. The van der Waals surface area contributed by atoms with Gasteiger partial charge in [-0.3, -0.25) is 0 Å². The molecule has 2 aromatic rings. The Morgan fingerprint density at radius 3 is 2.42 bits per heavy atom. The van der Waals surface area contributed by atoms with Crippen LogP contribution in [0, 0.1) is 13.8 Å². The summed E-state index contributed by atoms with van der Waals surface area (Å²) in [7, 11) is 0. The normalized spacial score (nSPS) is 10.4. The number of anilines is 1. The van der Waals surface area contributed by atoms with Crippen LogP contribution in [0.1, 0.15) is 29.5 Å². The monoisotopic (exact) mass is 253 g/mol. The fraction of sp³-hybridized carbons (Fsp3) is 0.333. The van der Waals surface area contributed by atoms with Crippen LogP contribution >= 0.6 is 0 Å². The second kappa shape index (κ2) is 6.98. The average molecular weight is 253 g/mol. The van der Waals surface area contributed by atoms with Crippen LogP contribution in [0.2, 0.25) is 0 Å². The molecule has 1 nitrogen and oxygen atoms in total. The van der Waals surface area contributed by atoms with E-state index < -0.39 is 0 Å². The smallest absolute Gasteiger partial charge is 0.0372 e. The molecule has 0 bridgehead atoms. The zero-order valence-electron chi connectivity index (χ0n) is 11.9. The van der Waals surface area contributed by atoms with Gasteiger partial charge < -0.3 is 5.32 Å². The van der Waals surface area contributed by atoms with Crippen LogP contribution < -0.4 is 5.32 Å². The van der Waals surface area contributed by atoms with Crippen molar-refractivity contribution in [2.75, 3.05) is 11.9 Å². The molecule has 0 aliphatic heterocycles. The first-order chi connectivity index (χ1) is 9.27. The molecule has 100 valence electrons. The Balaban J connectivity index is 1.71. The van der Waals surface area contributed by atoms with Crippen molar-refractivity contribution in [3.63, 3.8) is 0 Å². The molecule has 2 rings (SSSR count). The number of hydrogen-bond donors (Lipinski definition) is 1. The lowest BCUT2D eigenvalue weighted by atomic mass is 10.1. The minimum Gasteiger partial charge on any atom is -0.385 e. The third kappa shape index (κ3) is 4.13. The van der Waals surface area contributed by atoms with Crippen molar-refractivity contribution >= 4 is 5.69 Å². The van der Waals surface area contributed by atoms with Crippen molar-refractivity contribution in [3.8, 4) is 0 Å². The summed E-state index contributed by atoms with van der Waals surface area (Å²) in [4.78, 5) is 0. The Kier molecular flexibility index (Phi) is 5.02. The molecule has 0 aromatic heterocycles. The van der Waals surface area contributed by atoms with Gasteiger partial charge in [-0.15, -0.1) is 0 Å². The fourth-order valence-corrected chi connectivity index (χ4v) is 2.26. The van der Waals surface area contributed by atoms with E-state index in [9.17, 15) is 0 Å². The molecule has 0 atom stereocenters. The van der Waals surface area contributed by atoms with Gasteiger partial charge in [0.25, 0.3) is 0 Å². The van der Waals surface area contributed by atoms with Gasteiger partial charge in [-0.2, -0.15) is 0 Å². The predicted molar refractivity (Wildman–Crippen MR) is 83.8 cm³/mol. The minimum atomic E-state index is 1.05. The van der Waals surface area contributed by atoms with E-state index in [1.807, 2.05) is 0 Å². The molecule has 0 heterocycles. The molecule has 0 fully saturated rings. The molecule has 1 heteroatoms. The van der Waals surface area contributed by atoms with Crippen LogP contribution in [-0.4, -0.2) is 6.54 Å². The van der Waals surface area contributed by atoms with Gasteiger partial charge in [0.2, 0.25) is 0 Å². The first-order valence-corrected chi connectivity index (χ1v) is 7.11. The summed E-state index contributed by atoms with van der Waals surface area (Å²) in [6.45, 7) is 5.40. The fourth-order valence-electron chi connectivity index (χ4n) is 2.26. The molecule has 0 saturated heterocycles. The van der Waals surface area contributed by atoms with Crippen LogP contribution in [0.15, 0.2) is 48.5 Å². The van der Waals surface area contributed by atoms with Crippen molar-refractivity contribution in [3.05, 3.63) is 65.2 Å². The minimum absolute atomic E-state index is 1.05. The second-order valence-electron chi connectivity index (χ2n) is 5.12. The number of benzene rings is 2. The van der Waals surface area contributed by atoms with Crippen molar-refractivity contribution in [1.29, 1.82) is 0 Å². The van der Waals surface area contributed by atoms with Crippen molar-refractivity contribution in [2.24, 2.45) is 0 Å². The number of aryl methyl sites for hydroxylation is 2. The molecule has 0 aliphatic carbocycles. The number of rotatable bonds is 6. The third-order valence-corrected chi connectivity index (χ3v) is 3.66. The van der Waals surface area contributed by atoms with Gasteiger partial charge in [-0.25, -0.2) is 0 Å². The Bertz CT molecular complexity index is 502. The van der Waals surface area contributed by atoms with E-state index in [0.717, 1.165) is 6.54 Å². The van der Waals surface area contributed by atoms with E-state index in [1.165, 1.54) is 41.6 Å². The van der Waals surface area contributed by atoms with Crippen molar-refractivity contribution < 1.29 is 0 Å². The molecule has 0 unspecified atom stereocenters. The molecule has 1 N–H and O–H groups in total. The van der Waals surface area contributed by atoms with Crippen LogP contribution in [0.4, 0.5) is 5.69 Å². The van der Waals surface area contributed by atoms with E-state index in [2.05, 4.69) is 67.7 Å². The van der Waals surface area contributed by atoms with Gasteiger partial charge in [0.05, 0.1) is 0 Å². The lowest BCUT2D eigenvalue weighted by molar-refractivity contribution is 0.763. The molecular formula is C18H23N. The van der Waals surface area contributed by atoms with Gasteiger partial charge in [0.1, 0.15) is 0 Å². The zero-order valence-corrected chi connectivity index (χ0v) is 11.9. The maximum absolute atomic E-state index is 3.54. The molecule has 0 radical (unpaired) electrons. The van der Waals surface area contributed by atoms with Gasteiger partial charge in [0, 0.05) is 12.2 Å². The summed E-state index contributed by atoms with van der Waals surface area (Å²) in [5, 5.41) is 3.54. The van der Waals surface area contributed by atoms with Gasteiger partial charge in [0.15, 0.2) is 0 Å². The number of hydrogen-bond acceptors (Lipinski definition) is 1. The third-order valence-electron chi connectivity index (χ3n) is 3.66. The van der Waals surface area contributed by atoms with E-state index in [-0.39, 0.29) is 0 Å². The Morgan fingerprint density at radius 2 is 1.63 bits per heavy atom. The first kappa shape index (κ1) is 13.7. The Morgan fingerprint density at radius 1 is 0.842 bits per heavy atom. The largest absolute Gasteiger partial charge is 0.385 e. The number of nitrogens with one attached hydrogen (secondary N) is 1. The summed E-state index contributed by atoms with van der Waals surface area (Å²) in [5.74, 6) is 0. The van der Waals surface area contributed by atoms with Crippen LogP contribution in [0.3, 0.4) is 0 Å². The van der Waals surface area contributed by atoms with Crippen LogP contribution in [0.5, 0.6) is 0 Å². The van der Waals surface area contributed by atoms with E-state index in [4.69, 9.17) is 0 Å². The highest BCUT2D eigenvalue weighted by molar-refractivity contribution is 5.53. The van der Waals surface area contributed by atoms with Gasteiger partial charge in [-0.1, -0.05) is 42.5 Å². The second-order valence-corrected chi connectivity index (χ2v) is 5.12. The van der Waals surface area contributed by atoms with Gasteiger partial charge >= 0.3 is 0 Å². The van der Waals surface area contributed by atoms with Crippen molar-refractivity contribution in [1.82, 2.24) is 0 Å². The summed E-state index contributed by atoms with van der Waals surface area (Å²) in [6, 6.07) is 17.2. The van der Waals surface area contributed by atoms with Gasteiger partial charge in [-0.05, 0) is 55.9 Å². The average Bonchev–Trinajstić information content (AvgIpc) is 2.44. The highest BCUT2D eigenvalue weighted by Gasteiger charge is 1.99. The molecular weight excluding hydrogens is 230 g/mol. The van der Waals surface area contributed by atoms with E-state index in [1.54, 1.807) is 0 Å². The molecule has 19 heavy (non-hydrogen) atoms. The topological polar surface area (TPSA) is 12.0 Å². The molecule has 0 spiro atoms. The highest BCUT2D eigenvalue weighted by Crippen LogP contribution is 2.17. The standard InChI is InChI=1S/C18H23N/c1-15-9-8-13-18(16(15)2)19-14-7-6-12-17-10-4-3-5-11-17/h3-5,8-11,13,19H,6-7,12,14H2,1-2H3.